The van der Waals surface area contributed by atoms with Crippen LogP contribution in [0, 0.1) is 40.0 Å². The first kappa shape index (κ1) is 33.0. The van der Waals surface area contributed by atoms with E-state index in [-0.39, 0.29) is 32.0 Å². The first-order chi connectivity index (χ1) is 22.0. The van der Waals surface area contributed by atoms with E-state index in [4.69, 9.17) is 9.47 Å². The van der Waals surface area contributed by atoms with Gasteiger partial charge >= 0.3 is 11.9 Å². The number of aryl methyl sites for hydroxylation is 5. The number of benzene rings is 4. The van der Waals surface area contributed by atoms with E-state index < -0.39 is 22.9 Å². The van der Waals surface area contributed by atoms with Crippen LogP contribution in [0.4, 0.5) is 0 Å². The lowest BCUT2D eigenvalue weighted by atomic mass is 9.68. The van der Waals surface area contributed by atoms with Crippen molar-refractivity contribution in [3.63, 3.8) is 0 Å². The highest BCUT2D eigenvalue weighted by atomic mass is 79.9. The van der Waals surface area contributed by atoms with E-state index >= 15 is 0 Å². The van der Waals surface area contributed by atoms with Gasteiger partial charge in [-0.1, -0.05) is 93.8 Å². The van der Waals surface area contributed by atoms with Gasteiger partial charge in [-0.3, -0.25) is 9.59 Å². The number of hydrogen-bond acceptors (Lipinski definition) is 5. The minimum Gasteiger partial charge on any atom is -0.460 e. The van der Waals surface area contributed by atoms with Gasteiger partial charge in [0, 0.05) is 9.38 Å². The van der Waals surface area contributed by atoms with E-state index in [1.165, 1.54) is 0 Å². The molecule has 5 rings (SSSR count). The lowest BCUT2D eigenvalue weighted by Crippen LogP contribution is -2.53. The fourth-order valence-electron chi connectivity index (χ4n) is 7.02. The maximum absolute atomic E-state index is 14.8. The van der Waals surface area contributed by atoms with Crippen molar-refractivity contribution in [3.05, 3.63) is 150 Å². The van der Waals surface area contributed by atoms with Crippen LogP contribution in [0.1, 0.15) is 68.8 Å². The molecule has 0 heterocycles. The van der Waals surface area contributed by atoms with Gasteiger partial charge in [-0.15, -0.1) is 0 Å². The van der Waals surface area contributed by atoms with E-state index in [1.807, 2.05) is 107 Å². The molecular formula is C38H38BrN3O4. The summed E-state index contributed by atoms with van der Waals surface area (Å²) in [6.45, 7) is 9.77. The van der Waals surface area contributed by atoms with Crippen molar-refractivity contribution < 1.29 is 19.1 Å². The normalized spacial score (nSPS) is 18.4. The first-order valence-corrected chi connectivity index (χ1v) is 16.2. The van der Waals surface area contributed by atoms with Crippen LogP contribution < -0.4 is 0 Å². The molecule has 0 spiro atoms. The smallest absolute Gasteiger partial charge is 0.324 e. The highest BCUT2D eigenvalue weighted by Gasteiger charge is 2.70. The molecule has 1 aliphatic carbocycles. The molecule has 236 valence electrons. The molecule has 1 fully saturated rings. The van der Waals surface area contributed by atoms with Gasteiger partial charge in [0.25, 0.3) is 0 Å². The van der Waals surface area contributed by atoms with Gasteiger partial charge in [-0.2, -0.15) is 0 Å². The number of ether oxygens (including phenoxy) is 2. The summed E-state index contributed by atoms with van der Waals surface area (Å²) in [7, 11) is 0. The van der Waals surface area contributed by atoms with Crippen molar-refractivity contribution in [1.29, 1.82) is 0 Å². The summed E-state index contributed by atoms with van der Waals surface area (Å²) in [6.07, 6.45) is 0.255. The molecule has 0 N–H and O–H groups in total. The van der Waals surface area contributed by atoms with Gasteiger partial charge in [-0.05, 0) is 121 Å². The van der Waals surface area contributed by atoms with Crippen molar-refractivity contribution in [3.8, 4) is 0 Å². The highest BCUT2D eigenvalue weighted by molar-refractivity contribution is 9.10. The summed E-state index contributed by atoms with van der Waals surface area (Å²) in [6, 6.07) is 26.9. The van der Waals surface area contributed by atoms with Crippen LogP contribution in [0.3, 0.4) is 0 Å². The molecule has 1 saturated carbocycles. The summed E-state index contributed by atoms with van der Waals surface area (Å²) >= 11 is 3.50. The van der Waals surface area contributed by atoms with Gasteiger partial charge in [-0.25, -0.2) is 0 Å². The third-order valence-electron chi connectivity index (χ3n) is 9.65. The molecule has 7 nitrogen and oxygen atoms in total. The van der Waals surface area contributed by atoms with Crippen LogP contribution in [0.5, 0.6) is 0 Å². The molecule has 8 heteroatoms. The zero-order chi connectivity index (χ0) is 33.1. The Labute approximate surface area is 278 Å². The summed E-state index contributed by atoms with van der Waals surface area (Å²) in [5.41, 5.74) is 14.6. The van der Waals surface area contributed by atoms with Crippen LogP contribution in [0.15, 0.2) is 94.5 Å². The van der Waals surface area contributed by atoms with Crippen molar-refractivity contribution >= 4 is 27.9 Å². The zero-order valence-electron chi connectivity index (χ0n) is 26.8. The SMILES string of the molecule is Cc1ccccc1[C@@H]1CC(C(=O)OCc2c(C)cccc2C)(C(=O)OCc2c(C)cccc2C)[C@@](N=[N+]=[N-])(c2ccc(Br)cc2)C1. The Bertz CT molecular complexity index is 1720. The number of halogens is 1. The van der Waals surface area contributed by atoms with Gasteiger partial charge in [0.05, 0.1) is 0 Å². The first-order valence-electron chi connectivity index (χ1n) is 15.4. The topological polar surface area (TPSA) is 101 Å². The Morgan fingerprint density at radius 2 is 1.22 bits per heavy atom. The molecule has 0 amide bonds. The summed E-state index contributed by atoms with van der Waals surface area (Å²) in [5, 5.41) is 4.40. The molecule has 46 heavy (non-hydrogen) atoms. The Balaban J connectivity index is 1.70. The molecule has 0 radical (unpaired) electrons. The van der Waals surface area contributed by atoms with Crippen LogP contribution >= 0.6 is 15.9 Å². The second-order valence-corrected chi connectivity index (χ2v) is 13.2. The van der Waals surface area contributed by atoms with Gasteiger partial charge < -0.3 is 9.47 Å². The molecule has 4 aromatic carbocycles. The lowest BCUT2D eigenvalue weighted by molar-refractivity contribution is -0.179. The molecule has 1 aliphatic rings. The van der Waals surface area contributed by atoms with Crippen LogP contribution in [0.25, 0.3) is 10.4 Å². The number of carbonyl (C=O) groups is 2. The van der Waals surface area contributed by atoms with E-state index in [1.54, 1.807) is 12.1 Å². The van der Waals surface area contributed by atoms with Crippen LogP contribution in [0.2, 0.25) is 0 Å². The number of carbonyl (C=O) groups excluding carboxylic acids is 2. The Hall–Kier alpha value is -4.39. The average Bonchev–Trinajstić information content (AvgIpc) is 3.37. The Kier molecular flexibility index (Phi) is 9.71. The van der Waals surface area contributed by atoms with Gasteiger partial charge in [0.1, 0.15) is 18.8 Å². The van der Waals surface area contributed by atoms with Crippen molar-refractivity contribution in [2.24, 2.45) is 10.5 Å². The maximum Gasteiger partial charge on any atom is 0.324 e. The number of azide groups is 1. The number of hydrogen-bond donors (Lipinski definition) is 0. The number of esters is 2. The third-order valence-corrected chi connectivity index (χ3v) is 10.2. The fourth-order valence-corrected chi connectivity index (χ4v) is 7.28. The van der Waals surface area contributed by atoms with Crippen molar-refractivity contribution in [2.75, 3.05) is 0 Å². The molecule has 0 saturated heterocycles. The number of nitrogens with zero attached hydrogens (tertiary/aromatic N) is 3. The second-order valence-electron chi connectivity index (χ2n) is 12.3. The van der Waals surface area contributed by atoms with Gasteiger partial charge in [0.15, 0.2) is 5.41 Å². The van der Waals surface area contributed by atoms with Crippen molar-refractivity contribution in [2.45, 2.75) is 72.1 Å². The molecule has 0 unspecified atom stereocenters. The molecule has 4 aromatic rings. The zero-order valence-corrected chi connectivity index (χ0v) is 28.4. The largest absolute Gasteiger partial charge is 0.460 e. The molecule has 0 aliphatic heterocycles. The van der Waals surface area contributed by atoms with E-state index in [2.05, 4.69) is 26.0 Å². The molecule has 0 bridgehead atoms. The third kappa shape index (κ3) is 5.95. The van der Waals surface area contributed by atoms with Crippen LogP contribution in [-0.4, -0.2) is 11.9 Å². The van der Waals surface area contributed by atoms with E-state index in [0.717, 1.165) is 49.0 Å². The lowest BCUT2D eigenvalue weighted by Gasteiger charge is -2.39. The minimum absolute atomic E-state index is 0.0367. The van der Waals surface area contributed by atoms with E-state index in [9.17, 15) is 15.1 Å². The predicted octanol–water partition coefficient (Wildman–Crippen LogP) is 9.55. The summed E-state index contributed by atoms with van der Waals surface area (Å²) < 4.78 is 13.1. The Morgan fingerprint density at radius 1 is 0.739 bits per heavy atom. The molecular weight excluding hydrogens is 642 g/mol. The quantitative estimate of drug-likeness (QED) is 0.0578. The van der Waals surface area contributed by atoms with E-state index in [0.29, 0.717) is 5.56 Å². The monoisotopic (exact) mass is 679 g/mol. The van der Waals surface area contributed by atoms with Crippen molar-refractivity contribution in [1.82, 2.24) is 0 Å². The molecule has 2 atom stereocenters. The standard InChI is InChI=1S/C38H38BrN3O4/c1-24-10-6-7-15-32(24)29-20-37(35(43)45-22-33-25(2)11-8-12-26(33)3,36(44)46-23-34-27(4)13-9-14-28(34)5)38(21-29,41-42-40)30-16-18-31(39)19-17-30/h6-19,29H,20-23H2,1-5H3/t29-,38+/m1/s1. The molecule has 0 aromatic heterocycles. The fraction of sp³-hybridized carbons (Fsp3) is 0.316. The predicted molar refractivity (Wildman–Crippen MR) is 182 cm³/mol. The summed E-state index contributed by atoms with van der Waals surface area (Å²) in [4.78, 5) is 32.9. The highest BCUT2D eigenvalue weighted by Crippen LogP contribution is 2.62. The van der Waals surface area contributed by atoms with Crippen LogP contribution in [-0.2, 0) is 37.8 Å². The minimum atomic E-state index is -1.98. The average molecular weight is 681 g/mol. The summed E-state index contributed by atoms with van der Waals surface area (Å²) in [5.74, 6) is -1.85. The maximum atomic E-state index is 14.8. The second kappa shape index (κ2) is 13.5. The number of rotatable bonds is 9. The Morgan fingerprint density at radius 3 is 1.70 bits per heavy atom. The van der Waals surface area contributed by atoms with Gasteiger partial charge in [0.2, 0.25) is 0 Å².